The van der Waals surface area contributed by atoms with Crippen molar-refractivity contribution in [1.82, 2.24) is 10.0 Å². The zero-order valence-electron chi connectivity index (χ0n) is 13.8. The molecule has 1 aromatic rings. The topological polar surface area (TPSA) is 75.3 Å². The van der Waals surface area contributed by atoms with E-state index in [1.54, 1.807) is 32.0 Å². The Labute approximate surface area is 138 Å². The van der Waals surface area contributed by atoms with Gasteiger partial charge in [0.2, 0.25) is 15.9 Å². The highest BCUT2D eigenvalue weighted by Crippen LogP contribution is 2.23. The lowest BCUT2D eigenvalue weighted by atomic mass is 9.88. The van der Waals surface area contributed by atoms with E-state index in [1.165, 1.54) is 6.42 Å². The number of benzene rings is 1. The van der Waals surface area contributed by atoms with E-state index in [4.69, 9.17) is 0 Å². The van der Waals surface area contributed by atoms with Crippen LogP contribution in [0.4, 0.5) is 0 Å². The van der Waals surface area contributed by atoms with Crippen molar-refractivity contribution in [1.29, 1.82) is 0 Å². The van der Waals surface area contributed by atoms with Crippen LogP contribution in [0.25, 0.3) is 0 Å². The average Bonchev–Trinajstić information content (AvgIpc) is 2.52. The van der Waals surface area contributed by atoms with Gasteiger partial charge in [-0.1, -0.05) is 31.4 Å². The van der Waals surface area contributed by atoms with Crippen LogP contribution in [0.2, 0.25) is 0 Å². The summed E-state index contributed by atoms with van der Waals surface area (Å²) in [5, 5.41) is 2.93. The summed E-state index contributed by atoms with van der Waals surface area (Å²) in [4.78, 5) is 12.4. The van der Waals surface area contributed by atoms with Crippen molar-refractivity contribution in [2.24, 2.45) is 5.92 Å². The summed E-state index contributed by atoms with van der Waals surface area (Å²) in [7, 11) is -3.50. The summed E-state index contributed by atoms with van der Waals surface area (Å²) in [6.45, 7) is 3.93. The first-order valence-corrected chi connectivity index (χ1v) is 9.76. The Balaban J connectivity index is 1.98. The average molecular weight is 338 g/mol. The van der Waals surface area contributed by atoms with Gasteiger partial charge in [-0.25, -0.2) is 13.1 Å². The number of nitrogens with one attached hydrogen (secondary N) is 2. The van der Waals surface area contributed by atoms with E-state index in [-0.39, 0.29) is 22.8 Å². The van der Waals surface area contributed by atoms with Crippen LogP contribution in [0.1, 0.15) is 51.5 Å². The van der Waals surface area contributed by atoms with Gasteiger partial charge in [-0.05, 0) is 44.4 Å². The Morgan fingerprint density at radius 2 is 1.91 bits per heavy atom. The van der Waals surface area contributed by atoms with Crippen molar-refractivity contribution in [3.8, 4) is 0 Å². The molecule has 1 aliphatic rings. The first-order valence-electron chi connectivity index (χ1n) is 8.27. The van der Waals surface area contributed by atoms with Crippen LogP contribution in [-0.2, 0) is 21.4 Å². The molecule has 128 valence electrons. The molecular formula is C17H26N2O3S. The number of rotatable bonds is 6. The second-order valence-electron chi connectivity index (χ2n) is 6.48. The van der Waals surface area contributed by atoms with E-state index >= 15 is 0 Å². The van der Waals surface area contributed by atoms with Crippen LogP contribution < -0.4 is 10.0 Å². The first-order chi connectivity index (χ1) is 10.9. The molecule has 1 amide bonds. The van der Waals surface area contributed by atoms with Gasteiger partial charge in [-0.15, -0.1) is 0 Å². The van der Waals surface area contributed by atoms with E-state index in [0.717, 1.165) is 31.2 Å². The Morgan fingerprint density at radius 1 is 1.22 bits per heavy atom. The summed E-state index contributed by atoms with van der Waals surface area (Å²) >= 11 is 0. The smallest absolute Gasteiger partial charge is 0.240 e. The molecule has 0 atom stereocenters. The van der Waals surface area contributed by atoms with Gasteiger partial charge in [0, 0.05) is 18.5 Å². The van der Waals surface area contributed by atoms with E-state index in [1.807, 2.05) is 6.07 Å². The number of hydrogen-bond donors (Lipinski definition) is 2. The zero-order valence-corrected chi connectivity index (χ0v) is 14.7. The highest BCUT2D eigenvalue weighted by molar-refractivity contribution is 7.89. The highest BCUT2D eigenvalue weighted by Gasteiger charge is 2.21. The highest BCUT2D eigenvalue weighted by atomic mass is 32.2. The summed E-state index contributed by atoms with van der Waals surface area (Å²) in [5.41, 5.74) is 0.792. The van der Waals surface area contributed by atoms with Gasteiger partial charge in [0.15, 0.2) is 0 Å². The van der Waals surface area contributed by atoms with Gasteiger partial charge in [0.05, 0.1) is 4.90 Å². The maximum absolute atomic E-state index is 12.2. The molecule has 0 radical (unpaired) electrons. The van der Waals surface area contributed by atoms with E-state index < -0.39 is 10.0 Å². The second-order valence-corrected chi connectivity index (χ2v) is 8.19. The summed E-state index contributed by atoms with van der Waals surface area (Å²) in [5.74, 6) is 0.191. The molecule has 0 aliphatic heterocycles. The maximum Gasteiger partial charge on any atom is 0.240 e. The monoisotopic (exact) mass is 338 g/mol. The van der Waals surface area contributed by atoms with E-state index in [9.17, 15) is 13.2 Å². The number of sulfonamides is 1. The van der Waals surface area contributed by atoms with Crippen LogP contribution in [0.5, 0.6) is 0 Å². The predicted octanol–water partition coefficient (Wildman–Crippen LogP) is 2.57. The van der Waals surface area contributed by atoms with Crippen LogP contribution in [0.3, 0.4) is 0 Å². The lowest BCUT2D eigenvalue weighted by Crippen LogP contribution is -2.32. The Bertz CT molecular complexity index is 635. The fourth-order valence-electron chi connectivity index (χ4n) is 2.90. The van der Waals surface area contributed by atoms with Gasteiger partial charge in [0.1, 0.15) is 0 Å². The molecular weight excluding hydrogens is 312 g/mol. The standard InChI is InChI=1S/C17H26N2O3S/c1-13(2)19-23(21,22)16-10-6-7-14(11-16)12-18-17(20)15-8-4-3-5-9-15/h6-7,10-11,13,15,19H,3-5,8-9,12H2,1-2H3,(H,18,20). The van der Waals surface area contributed by atoms with Gasteiger partial charge < -0.3 is 5.32 Å². The maximum atomic E-state index is 12.2. The van der Waals surface area contributed by atoms with Gasteiger partial charge in [-0.2, -0.15) is 0 Å². The second kappa shape index (κ2) is 7.93. The van der Waals surface area contributed by atoms with Crippen molar-refractivity contribution < 1.29 is 13.2 Å². The number of hydrogen-bond acceptors (Lipinski definition) is 3. The van der Waals surface area contributed by atoms with Crippen LogP contribution >= 0.6 is 0 Å². The third kappa shape index (κ3) is 5.32. The lowest BCUT2D eigenvalue weighted by molar-refractivity contribution is -0.126. The van der Waals surface area contributed by atoms with Crippen molar-refractivity contribution >= 4 is 15.9 Å². The van der Waals surface area contributed by atoms with Crippen LogP contribution in [0, 0.1) is 5.92 Å². The fraction of sp³-hybridized carbons (Fsp3) is 0.588. The molecule has 0 spiro atoms. The molecule has 0 heterocycles. The van der Waals surface area contributed by atoms with Crippen molar-refractivity contribution in [3.63, 3.8) is 0 Å². The van der Waals surface area contributed by atoms with Crippen LogP contribution in [0.15, 0.2) is 29.2 Å². The molecule has 0 unspecified atom stereocenters. The van der Waals surface area contributed by atoms with Crippen molar-refractivity contribution in [2.75, 3.05) is 0 Å². The molecule has 6 heteroatoms. The quantitative estimate of drug-likeness (QED) is 0.837. The van der Waals surface area contributed by atoms with E-state index in [0.29, 0.717) is 6.54 Å². The van der Waals surface area contributed by atoms with E-state index in [2.05, 4.69) is 10.0 Å². The molecule has 2 N–H and O–H groups in total. The van der Waals surface area contributed by atoms with Crippen molar-refractivity contribution in [3.05, 3.63) is 29.8 Å². The molecule has 0 saturated heterocycles. The minimum absolute atomic E-state index is 0.0817. The van der Waals surface area contributed by atoms with Gasteiger partial charge >= 0.3 is 0 Å². The van der Waals surface area contributed by atoms with Gasteiger partial charge in [0.25, 0.3) is 0 Å². The molecule has 1 saturated carbocycles. The molecule has 2 rings (SSSR count). The normalized spacial score (nSPS) is 16.5. The van der Waals surface area contributed by atoms with Crippen LogP contribution in [-0.4, -0.2) is 20.4 Å². The molecule has 5 nitrogen and oxygen atoms in total. The lowest BCUT2D eigenvalue weighted by Gasteiger charge is -2.20. The number of amides is 1. The summed E-state index contributed by atoms with van der Waals surface area (Å²) in [6.07, 6.45) is 5.36. The SMILES string of the molecule is CC(C)NS(=O)(=O)c1cccc(CNC(=O)C2CCCCC2)c1. The Hall–Kier alpha value is -1.40. The largest absolute Gasteiger partial charge is 0.352 e. The third-order valence-corrected chi connectivity index (χ3v) is 5.70. The number of carbonyl (C=O) groups is 1. The molecule has 1 aliphatic carbocycles. The van der Waals surface area contributed by atoms with Crippen molar-refractivity contribution in [2.45, 2.75) is 63.4 Å². The number of carbonyl (C=O) groups excluding carboxylic acids is 1. The minimum atomic E-state index is -3.50. The molecule has 23 heavy (non-hydrogen) atoms. The summed E-state index contributed by atoms with van der Waals surface area (Å²) < 4.78 is 26.9. The minimum Gasteiger partial charge on any atom is -0.352 e. The zero-order chi connectivity index (χ0) is 16.9. The summed E-state index contributed by atoms with van der Waals surface area (Å²) in [6, 6.07) is 6.56. The van der Waals surface area contributed by atoms with Gasteiger partial charge in [-0.3, -0.25) is 4.79 Å². The fourth-order valence-corrected chi connectivity index (χ4v) is 4.22. The molecule has 1 aromatic carbocycles. The third-order valence-electron chi connectivity index (χ3n) is 4.04. The Morgan fingerprint density at radius 3 is 2.57 bits per heavy atom. The molecule has 0 bridgehead atoms. The molecule has 1 fully saturated rings. The Kier molecular flexibility index (Phi) is 6.18. The first kappa shape index (κ1) is 17.9. The predicted molar refractivity (Wildman–Crippen MR) is 90.3 cm³/mol. The molecule has 0 aromatic heterocycles.